The largest absolute Gasteiger partial charge is 0.496 e. The highest BCUT2D eigenvalue weighted by atomic mass is 31.1. The van der Waals surface area contributed by atoms with Gasteiger partial charge in [0.25, 0.3) is 0 Å². The summed E-state index contributed by atoms with van der Waals surface area (Å²) in [5.74, 6) is 1.11. The van der Waals surface area contributed by atoms with Crippen LogP contribution in [0, 0.1) is 5.41 Å². The molecule has 0 aromatic heterocycles. The molecule has 0 spiro atoms. The zero-order valence-electron chi connectivity index (χ0n) is 17.0. The summed E-state index contributed by atoms with van der Waals surface area (Å²) in [6.07, 6.45) is 10.2. The van der Waals surface area contributed by atoms with E-state index in [9.17, 15) is 9.36 Å². The van der Waals surface area contributed by atoms with Gasteiger partial charge >= 0.3 is 0 Å². The average Bonchev–Trinajstić information content (AvgIpc) is 3.20. The Balaban J connectivity index is 2.29. The van der Waals surface area contributed by atoms with Gasteiger partial charge in [-0.15, -0.1) is 0 Å². The van der Waals surface area contributed by atoms with Crippen LogP contribution in [0.2, 0.25) is 0 Å². The molecule has 1 atom stereocenters. The van der Waals surface area contributed by atoms with Crippen LogP contribution in [0.3, 0.4) is 0 Å². The number of rotatable bonds is 12. The molecule has 1 aromatic carbocycles. The van der Waals surface area contributed by atoms with E-state index >= 15 is 0 Å². The molecular formula is C22H33O4P. The van der Waals surface area contributed by atoms with Crippen LogP contribution >= 0.6 is 8.46 Å². The van der Waals surface area contributed by atoms with Crippen molar-refractivity contribution in [3.8, 4) is 11.5 Å². The third-order valence-corrected chi connectivity index (χ3v) is 6.96. The van der Waals surface area contributed by atoms with Crippen LogP contribution in [0.15, 0.2) is 18.2 Å². The summed E-state index contributed by atoms with van der Waals surface area (Å²) >= 11 is 0. The van der Waals surface area contributed by atoms with Crippen LogP contribution in [0.4, 0.5) is 0 Å². The number of hydrogen-bond donors (Lipinski definition) is 0. The number of unbranched alkanes of at least 4 members (excludes halogenated alkanes) is 4. The highest BCUT2D eigenvalue weighted by Crippen LogP contribution is 2.51. The fourth-order valence-electron chi connectivity index (χ4n) is 4.41. The Labute approximate surface area is 165 Å². The van der Waals surface area contributed by atoms with Crippen molar-refractivity contribution in [1.29, 1.82) is 0 Å². The van der Waals surface area contributed by atoms with Gasteiger partial charge in [-0.3, -0.25) is 9.36 Å². The lowest BCUT2D eigenvalue weighted by Gasteiger charge is -2.33. The maximum Gasteiger partial charge on any atom is 0.177 e. The molecule has 1 aromatic rings. The molecule has 0 aliphatic heterocycles. The van der Waals surface area contributed by atoms with Gasteiger partial charge in [0.1, 0.15) is 17.1 Å². The van der Waals surface area contributed by atoms with Crippen molar-refractivity contribution >= 4 is 14.2 Å². The fraction of sp³-hybridized carbons (Fsp3) is 0.682. The standard InChI is InChI=1S/C22H33O4P/c1-4-5-6-7-8-14-19(27-24)22(15-9-10-16-22)21(23)20-17(25-2)12-11-13-18(20)26-3/h11-13,19H,4-10,14-16H2,1-3H3. The number of carbonyl (C=O) groups excluding carboxylic acids is 1. The van der Waals surface area contributed by atoms with Crippen molar-refractivity contribution in [3.05, 3.63) is 23.8 Å². The van der Waals surface area contributed by atoms with Crippen LogP contribution in [0.5, 0.6) is 11.5 Å². The second kappa shape index (κ2) is 10.8. The van der Waals surface area contributed by atoms with Crippen molar-refractivity contribution < 1.29 is 18.8 Å². The first-order chi connectivity index (χ1) is 13.1. The van der Waals surface area contributed by atoms with Crippen LogP contribution in [0.25, 0.3) is 0 Å². The molecule has 0 radical (unpaired) electrons. The summed E-state index contributed by atoms with van der Waals surface area (Å²) in [4.78, 5) is 13.8. The van der Waals surface area contributed by atoms with Gasteiger partial charge in [0.2, 0.25) is 0 Å². The molecule has 2 rings (SSSR count). The minimum absolute atomic E-state index is 0.0382. The predicted octanol–water partition coefficient (Wildman–Crippen LogP) is 6.47. The van der Waals surface area contributed by atoms with E-state index in [1.807, 2.05) is 6.07 Å². The molecule has 0 amide bonds. The van der Waals surface area contributed by atoms with Gasteiger partial charge in [-0.2, -0.15) is 0 Å². The second-order valence-corrected chi connectivity index (χ2v) is 8.39. The van der Waals surface area contributed by atoms with Gasteiger partial charge in [0.15, 0.2) is 14.2 Å². The number of benzene rings is 1. The van der Waals surface area contributed by atoms with Gasteiger partial charge in [-0.1, -0.05) is 57.9 Å². The van der Waals surface area contributed by atoms with E-state index < -0.39 is 5.41 Å². The Bertz CT molecular complexity index is 600. The van der Waals surface area contributed by atoms with Gasteiger partial charge in [0, 0.05) is 5.41 Å². The van der Waals surface area contributed by atoms with E-state index in [-0.39, 0.29) is 19.9 Å². The van der Waals surface area contributed by atoms with E-state index in [4.69, 9.17) is 9.47 Å². The number of ketones is 1. The SMILES string of the molecule is CCCCCCCC(P=O)C1(C(=O)c2c(OC)cccc2OC)CCCC1. The summed E-state index contributed by atoms with van der Waals surface area (Å²) in [6, 6.07) is 5.42. The molecule has 150 valence electrons. The third-order valence-electron chi connectivity index (χ3n) is 5.95. The first-order valence-electron chi connectivity index (χ1n) is 10.2. The zero-order valence-corrected chi connectivity index (χ0v) is 17.9. The van der Waals surface area contributed by atoms with Crippen molar-refractivity contribution in [2.45, 2.75) is 76.8 Å². The van der Waals surface area contributed by atoms with Crippen molar-refractivity contribution in [2.75, 3.05) is 14.2 Å². The van der Waals surface area contributed by atoms with Crippen molar-refractivity contribution in [1.82, 2.24) is 0 Å². The quantitative estimate of drug-likeness (QED) is 0.232. The topological polar surface area (TPSA) is 52.6 Å². The lowest BCUT2D eigenvalue weighted by molar-refractivity contribution is 0.0778. The average molecular weight is 392 g/mol. The van der Waals surface area contributed by atoms with Crippen LogP contribution in [0.1, 0.15) is 81.5 Å². The Hall–Kier alpha value is -1.41. The van der Waals surface area contributed by atoms with Gasteiger partial charge in [-0.25, -0.2) is 0 Å². The molecule has 0 heterocycles. The summed E-state index contributed by atoms with van der Waals surface area (Å²) in [5.41, 5.74) is -0.205. The minimum Gasteiger partial charge on any atom is -0.496 e. The molecule has 4 nitrogen and oxygen atoms in total. The predicted molar refractivity (Wildman–Crippen MR) is 110 cm³/mol. The molecule has 0 bridgehead atoms. The summed E-state index contributed by atoms with van der Waals surface area (Å²) in [5, 5.41) is 0. The number of Topliss-reactive ketones (excluding diaryl/α,β-unsaturated/α-hetero) is 1. The first-order valence-corrected chi connectivity index (χ1v) is 11.1. The molecule has 1 aliphatic carbocycles. The maximum atomic E-state index is 13.8. The third kappa shape index (κ3) is 4.90. The Morgan fingerprint density at radius 1 is 1.07 bits per heavy atom. The van der Waals surface area contributed by atoms with E-state index in [2.05, 4.69) is 6.92 Å². The molecule has 1 saturated carbocycles. The lowest BCUT2D eigenvalue weighted by Crippen LogP contribution is -2.38. The van der Waals surface area contributed by atoms with Crippen molar-refractivity contribution in [2.24, 2.45) is 5.41 Å². The molecule has 5 heteroatoms. The zero-order chi connectivity index (χ0) is 19.7. The Kier molecular flexibility index (Phi) is 8.76. The van der Waals surface area contributed by atoms with E-state index in [1.165, 1.54) is 19.3 Å². The van der Waals surface area contributed by atoms with Crippen molar-refractivity contribution in [3.63, 3.8) is 0 Å². The molecule has 1 aliphatic rings. The number of methoxy groups -OCH3 is 2. The van der Waals surface area contributed by atoms with Crippen LogP contribution < -0.4 is 9.47 Å². The summed E-state index contributed by atoms with van der Waals surface area (Å²) < 4.78 is 23.1. The van der Waals surface area contributed by atoms with Crippen LogP contribution in [-0.4, -0.2) is 25.7 Å². The molecular weight excluding hydrogens is 359 g/mol. The molecule has 1 fully saturated rings. The minimum atomic E-state index is -0.573. The molecule has 0 saturated heterocycles. The number of ether oxygens (including phenoxy) is 2. The van der Waals surface area contributed by atoms with E-state index in [0.29, 0.717) is 17.1 Å². The van der Waals surface area contributed by atoms with Gasteiger partial charge in [-0.05, 0) is 31.4 Å². The van der Waals surface area contributed by atoms with E-state index in [0.717, 1.165) is 44.9 Å². The summed E-state index contributed by atoms with van der Waals surface area (Å²) in [6.45, 7) is 2.20. The maximum absolute atomic E-state index is 13.8. The highest BCUT2D eigenvalue weighted by molar-refractivity contribution is 7.24. The highest BCUT2D eigenvalue weighted by Gasteiger charge is 2.49. The monoisotopic (exact) mass is 392 g/mol. The smallest absolute Gasteiger partial charge is 0.177 e. The normalized spacial score (nSPS) is 17.0. The van der Waals surface area contributed by atoms with E-state index in [1.54, 1.807) is 26.4 Å². The second-order valence-electron chi connectivity index (χ2n) is 7.55. The first kappa shape index (κ1) is 21.9. The Morgan fingerprint density at radius 2 is 1.67 bits per heavy atom. The molecule has 27 heavy (non-hydrogen) atoms. The molecule has 1 unspecified atom stereocenters. The van der Waals surface area contributed by atoms with Gasteiger partial charge < -0.3 is 9.47 Å². The Morgan fingerprint density at radius 3 is 2.19 bits per heavy atom. The fourth-order valence-corrected chi connectivity index (χ4v) is 5.28. The molecule has 0 N–H and O–H groups in total. The number of hydrogen-bond acceptors (Lipinski definition) is 4. The summed E-state index contributed by atoms with van der Waals surface area (Å²) in [7, 11) is 3.23. The number of carbonyl (C=O) groups is 1. The lowest BCUT2D eigenvalue weighted by atomic mass is 9.73. The van der Waals surface area contributed by atoms with Gasteiger partial charge in [0.05, 0.1) is 19.9 Å². The van der Waals surface area contributed by atoms with Crippen LogP contribution in [-0.2, 0) is 4.57 Å².